The molecule has 0 aliphatic heterocycles. The number of benzene rings is 3. The van der Waals surface area contributed by atoms with Crippen molar-refractivity contribution in [2.75, 3.05) is 0 Å². The Kier molecular flexibility index (Phi) is 2.87. The number of aryl methyl sites for hydroxylation is 2. The molecule has 1 heteroatoms. The summed E-state index contributed by atoms with van der Waals surface area (Å²) in [6.07, 6.45) is 1.62. The SMILES string of the molecule is [2H]C([2H])([2H])c1ccc(-c2cccc(-c3cc(C([2H])([2H])[2H])c(-c4ccccc4)cn3)c2)cc1. The lowest BCUT2D eigenvalue weighted by molar-refractivity contribution is 1.29. The molecule has 0 N–H and O–H groups in total. The van der Waals surface area contributed by atoms with E-state index in [2.05, 4.69) is 4.98 Å². The van der Waals surface area contributed by atoms with E-state index in [0.29, 0.717) is 11.3 Å². The molecular formula is C25H21N. The van der Waals surface area contributed by atoms with Crippen LogP contribution in [0.3, 0.4) is 0 Å². The van der Waals surface area contributed by atoms with Gasteiger partial charge < -0.3 is 0 Å². The molecule has 0 saturated carbocycles. The van der Waals surface area contributed by atoms with E-state index in [9.17, 15) is 0 Å². The molecule has 126 valence electrons. The van der Waals surface area contributed by atoms with Crippen molar-refractivity contribution in [2.24, 2.45) is 0 Å². The molecule has 3 aromatic carbocycles. The zero-order chi connectivity index (χ0) is 22.9. The second-order valence-electron chi connectivity index (χ2n) is 6.14. The van der Waals surface area contributed by atoms with Gasteiger partial charge in [-0.05, 0) is 48.1 Å². The van der Waals surface area contributed by atoms with E-state index in [1.165, 1.54) is 0 Å². The molecule has 0 saturated heterocycles. The molecule has 26 heavy (non-hydrogen) atoms. The van der Waals surface area contributed by atoms with Crippen LogP contribution in [0.2, 0.25) is 0 Å². The summed E-state index contributed by atoms with van der Waals surface area (Å²) in [5.41, 5.74) is 5.05. The van der Waals surface area contributed by atoms with E-state index >= 15 is 0 Å². The molecule has 0 radical (unpaired) electrons. The van der Waals surface area contributed by atoms with Crippen molar-refractivity contribution >= 4 is 0 Å². The van der Waals surface area contributed by atoms with Crippen LogP contribution < -0.4 is 0 Å². The maximum Gasteiger partial charge on any atom is 0.0705 e. The van der Waals surface area contributed by atoms with Crippen molar-refractivity contribution in [3.05, 3.63) is 102 Å². The average molecular weight is 341 g/mol. The molecule has 0 fully saturated rings. The quantitative estimate of drug-likeness (QED) is 0.404. The lowest BCUT2D eigenvalue weighted by Crippen LogP contribution is -1.90. The number of rotatable bonds is 3. The standard InChI is InChI=1S/C25H21N/c1-18-11-13-20(14-12-18)22-9-6-10-23(16-22)25-15-19(2)24(17-26-25)21-7-4-3-5-8-21/h3-17H,1-2H3/i1D3,2D3. The summed E-state index contributed by atoms with van der Waals surface area (Å²) in [6.45, 7) is -4.43. The van der Waals surface area contributed by atoms with Crippen LogP contribution in [0.5, 0.6) is 0 Å². The maximum absolute atomic E-state index is 8.03. The van der Waals surface area contributed by atoms with E-state index in [1.807, 2.05) is 54.6 Å². The molecule has 0 spiro atoms. The fourth-order valence-electron chi connectivity index (χ4n) is 2.98. The lowest BCUT2D eigenvalue weighted by atomic mass is 9.98. The highest BCUT2D eigenvalue weighted by Crippen LogP contribution is 2.29. The molecule has 1 nitrogen and oxygen atoms in total. The summed E-state index contributed by atoms with van der Waals surface area (Å²) in [5, 5.41) is 0. The minimum absolute atomic E-state index is 0.251. The summed E-state index contributed by atoms with van der Waals surface area (Å²) >= 11 is 0. The number of aromatic nitrogens is 1. The Labute approximate surface area is 163 Å². The van der Waals surface area contributed by atoms with E-state index in [4.69, 9.17) is 8.22 Å². The zero-order valence-corrected chi connectivity index (χ0v) is 14.1. The van der Waals surface area contributed by atoms with Gasteiger partial charge in [0.15, 0.2) is 0 Å². The number of hydrogen-bond acceptors (Lipinski definition) is 1. The van der Waals surface area contributed by atoms with E-state index in [0.717, 1.165) is 22.3 Å². The number of hydrogen-bond donors (Lipinski definition) is 0. The summed E-state index contributed by atoms with van der Waals surface area (Å²) in [6, 6.07) is 25.4. The molecule has 1 heterocycles. The topological polar surface area (TPSA) is 12.9 Å². The molecule has 0 aliphatic rings. The van der Waals surface area contributed by atoms with Gasteiger partial charge in [-0.15, -0.1) is 0 Å². The predicted octanol–water partition coefficient (Wildman–Crippen LogP) is 6.70. The highest BCUT2D eigenvalue weighted by atomic mass is 14.7. The molecule has 0 unspecified atom stereocenters. The van der Waals surface area contributed by atoms with Crippen molar-refractivity contribution in [2.45, 2.75) is 13.7 Å². The molecule has 4 aromatic rings. The van der Waals surface area contributed by atoms with E-state index in [-0.39, 0.29) is 11.1 Å². The molecule has 0 aliphatic carbocycles. The minimum Gasteiger partial charge on any atom is -0.256 e. The molecule has 0 bridgehead atoms. The monoisotopic (exact) mass is 341 g/mol. The largest absolute Gasteiger partial charge is 0.256 e. The second kappa shape index (κ2) is 6.97. The highest BCUT2D eigenvalue weighted by Gasteiger charge is 2.07. The third-order valence-electron chi connectivity index (χ3n) is 4.37. The second-order valence-corrected chi connectivity index (χ2v) is 6.14. The lowest BCUT2D eigenvalue weighted by Gasteiger charge is -2.10. The first-order valence-electron chi connectivity index (χ1n) is 11.4. The normalized spacial score (nSPS) is 15.1. The van der Waals surface area contributed by atoms with Gasteiger partial charge in [-0.25, -0.2) is 0 Å². The fraction of sp³-hybridized carbons (Fsp3) is 0.0800. The van der Waals surface area contributed by atoms with Crippen molar-refractivity contribution < 1.29 is 8.22 Å². The Balaban J connectivity index is 1.75. The summed E-state index contributed by atoms with van der Waals surface area (Å²) in [5.74, 6) is 0. The predicted molar refractivity (Wildman–Crippen MR) is 110 cm³/mol. The smallest absolute Gasteiger partial charge is 0.0705 e. The summed E-state index contributed by atoms with van der Waals surface area (Å²) in [4.78, 5) is 4.56. The van der Waals surface area contributed by atoms with Gasteiger partial charge in [0.05, 0.1) is 5.69 Å². The minimum atomic E-state index is -2.29. The van der Waals surface area contributed by atoms with E-state index in [1.54, 1.807) is 36.5 Å². The Bertz CT molecular complexity index is 1230. The van der Waals surface area contributed by atoms with Crippen LogP contribution in [-0.4, -0.2) is 4.98 Å². The van der Waals surface area contributed by atoms with Gasteiger partial charge in [-0.2, -0.15) is 0 Å². The average Bonchev–Trinajstić information content (AvgIpc) is 2.78. The first-order chi connectivity index (χ1) is 15.1. The first-order valence-corrected chi connectivity index (χ1v) is 8.40. The Morgan fingerprint density at radius 3 is 2.19 bits per heavy atom. The molecule has 0 amide bonds. The van der Waals surface area contributed by atoms with Crippen LogP contribution >= 0.6 is 0 Å². The van der Waals surface area contributed by atoms with Gasteiger partial charge in [0, 0.05) is 25.5 Å². The van der Waals surface area contributed by atoms with Gasteiger partial charge in [-0.1, -0.05) is 78.4 Å². The van der Waals surface area contributed by atoms with Gasteiger partial charge in [0.25, 0.3) is 0 Å². The van der Waals surface area contributed by atoms with Crippen LogP contribution in [0, 0.1) is 13.7 Å². The Hall–Kier alpha value is -3.19. The molecule has 4 rings (SSSR count). The highest BCUT2D eigenvalue weighted by molar-refractivity contribution is 5.74. The number of pyridine rings is 1. The zero-order valence-electron chi connectivity index (χ0n) is 20.1. The van der Waals surface area contributed by atoms with Gasteiger partial charge in [-0.3, -0.25) is 4.98 Å². The van der Waals surface area contributed by atoms with Crippen molar-refractivity contribution in [1.82, 2.24) is 4.98 Å². The van der Waals surface area contributed by atoms with Gasteiger partial charge >= 0.3 is 0 Å². The van der Waals surface area contributed by atoms with Crippen molar-refractivity contribution in [3.8, 4) is 33.5 Å². The Morgan fingerprint density at radius 2 is 1.42 bits per heavy atom. The maximum atomic E-state index is 8.03. The van der Waals surface area contributed by atoms with Crippen LogP contribution in [0.25, 0.3) is 33.5 Å². The summed E-state index contributed by atoms with van der Waals surface area (Å²) < 4.78 is 46.7. The van der Waals surface area contributed by atoms with E-state index < -0.39 is 13.7 Å². The Morgan fingerprint density at radius 1 is 0.654 bits per heavy atom. The molecule has 0 atom stereocenters. The fourth-order valence-corrected chi connectivity index (χ4v) is 2.98. The molecular weight excluding hydrogens is 314 g/mol. The third kappa shape index (κ3) is 3.29. The van der Waals surface area contributed by atoms with Crippen molar-refractivity contribution in [3.63, 3.8) is 0 Å². The summed E-state index contributed by atoms with van der Waals surface area (Å²) in [7, 11) is 0. The van der Waals surface area contributed by atoms with Gasteiger partial charge in [0.1, 0.15) is 0 Å². The van der Waals surface area contributed by atoms with Crippen LogP contribution in [-0.2, 0) is 0 Å². The third-order valence-corrected chi connectivity index (χ3v) is 4.37. The van der Waals surface area contributed by atoms with Crippen molar-refractivity contribution in [1.29, 1.82) is 0 Å². The van der Waals surface area contributed by atoms with Gasteiger partial charge in [0.2, 0.25) is 0 Å². The van der Waals surface area contributed by atoms with Crippen LogP contribution in [0.4, 0.5) is 0 Å². The molecule has 1 aromatic heterocycles. The first kappa shape index (κ1) is 10.7. The number of nitrogens with zero attached hydrogens (tertiary/aromatic N) is 1. The van der Waals surface area contributed by atoms with Crippen LogP contribution in [0.15, 0.2) is 91.1 Å². The van der Waals surface area contributed by atoms with Crippen LogP contribution in [0.1, 0.15) is 19.4 Å².